The molecule has 0 spiro atoms. The maximum Gasteiger partial charge on any atom is 0.0562 e. The van der Waals surface area contributed by atoms with Crippen LogP contribution >= 0.6 is 11.3 Å². The van der Waals surface area contributed by atoms with Crippen LogP contribution in [0.25, 0.3) is 76.0 Å². The third kappa shape index (κ3) is 4.16. The van der Waals surface area contributed by atoms with Gasteiger partial charge in [0.15, 0.2) is 0 Å². The van der Waals surface area contributed by atoms with E-state index in [9.17, 15) is 0 Å². The molecule has 9 rings (SSSR count). The van der Waals surface area contributed by atoms with E-state index in [1.54, 1.807) is 11.3 Å². The Kier molecular flexibility index (Phi) is 6.53. The van der Waals surface area contributed by atoms with Gasteiger partial charge in [-0.05, 0) is 60.3 Å². The Labute approximate surface area is 272 Å². The summed E-state index contributed by atoms with van der Waals surface area (Å²) in [5, 5.41) is 5.00. The van der Waals surface area contributed by atoms with Crippen LogP contribution in [0.2, 0.25) is 0 Å². The topological polar surface area (TPSA) is 22.8 Å². The minimum atomic E-state index is 0. The Morgan fingerprint density at radius 2 is 1.14 bits per heavy atom. The molecule has 44 heavy (non-hydrogen) atoms. The SMILES string of the molecule is [Ir].[c-]1cc(-c2ccc3c(c2)c2cc4c5ccccc5n(-c5ccccc5)c4cc2n3-c2ccccc2)sc1-c1ccccn1. The standard InChI is InChI=1S/C39H24N3S.Ir/c1-3-11-27(12-4-1)41-34-17-8-7-15-29(34)31-24-32-30-23-26(38-20-21-39(43-38)33-16-9-10-22-40-33)18-19-35(30)42(37(32)25-36(31)41)28-13-5-2-6-14-28;/h1-20,22-25H;/q-1;. The Balaban J connectivity index is 0.00000289. The monoisotopic (exact) mass is 759 g/mol. The van der Waals surface area contributed by atoms with Crippen molar-refractivity contribution in [2.24, 2.45) is 0 Å². The summed E-state index contributed by atoms with van der Waals surface area (Å²) >= 11 is 1.73. The molecule has 0 unspecified atom stereocenters. The molecular weight excluding hydrogens is 735 g/mol. The predicted octanol–water partition coefficient (Wildman–Crippen LogP) is 10.5. The van der Waals surface area contributed by atoms with E-state index in [0.29, 0.717) is 0 Å². The first kappa shape index (κ1) is 26.8. The number of pyridine rings is 1. The number of aromatic nitrogens is 3. The maximum atomic E-state index is 4.54. The van der Waals surface area contributed by atoms with E-state index in [-0.39, 0.29) is 20.1 Å². The van der Waals surface area contributed by atoms with E-state index >= 15 is 0 Å². The summed E-state index contributed by atoms with van der Waals surface area (Å²) in [7, 11) is 0. The van der Waals surface area contributed by atoms with E-state index in [4.69, 9.17) is 0 Å². The Morgan fingerprint density at radius 1 is 0.523 bits per heavy atom. The minimum Gasteiger partial charge on any atom is -0.319 e. The van der Waals surface area contributed by atoms with Gasteiger partial charge >= 0.3 is 0 Å². The molecule has 5 heteroatoms. The summed E-state index contributed by atoms with van der Waals surface area (Å²) in [6, 6.07) is 53.3. The summed E-state index contributed by atoms with van der Waals surface area (Å²) in [6.45, 7) is 0. The Bertz CT molecular complexity index is 2440. The quantitative estimate of drug-likeness (QED) is 0.164. The van der Waals surface area contributed by atoms with E-state index in [1.165, 1.54) is 54.1 Å². The van der Waals surface area contributed by atoms with Gasteiger partial charge in [0, 0.05) is 59.2 Å². The van der Waals surface area contributed by atoms with Crippen LogP contribution in [0.4, 0.5) is 0 Å². The molecule has 0 bridgehead atoms. The second-order valence-corrected chi connectivity index (χ2v) is 11.8. The molecule has 0 saturated carbocycles. The summed E-state index contributed by atoms with van der Waals surface area (Å²) in [5.74, 6) is 0. The minimum absolute atomic E-state index is 0. The number of para-hydroxylation sites is 3. The Hall–Kier alpha value is -4.80. The zero-order chi connectivity index (χ0) is 28.3. The molecule has 4 aromatic heterocycles. The van der Waals surface area contributed by atoms with Crippen molar-refractivity contribution in [1.29, 1.82) is 0 Å². The van der Waals surface area contributed by atoms with Crippen LogP contribution in [-0.4, -0.2) is 14.1 Å². The largest absolute Gasteiger partial charge is 0.319 e. The number of fused-ring (bicyclic) bond motifs is 6. The van der Waals surface area contributed by atoms with E-state index in [2.05, 4.69) is 142 Å². The second-order valence-electron chi connectivity index (χ2n) is 10.8. The fraction of sp³-hybridized carbons (Fsp3) is 0. The number of hydrogen-bond acceptors (Lipinski definition) is 2. The van der Waals surface area contributed by atoms with E-state index in [1.807, 2.05) is 24.4 Å². The molecule has 0 aliphatic heterocycles. The maximum absolute atomic E-state index is 4.54. The van der Waals surface area contributed by atoms with Gasteiger partial charge in [0.2, 0.25) is 0 Å². The number of rotatable bonds is 4. The predicted molar refractivity (Wildman–Crippen MR) is 180 cm³/mol. The van der Waals surface area contributed by atoms with Crippen LogP contribution in [0, 0.1) is 6.07 Å². The number of nitrogens with zero attached hydrogens (tertiary/aromatic N) is 3. The molecule has 0 atom stereocenters. The number of hydrogen-bond donors (Lipinski definition) is 0. The van der Waals surface area contributed by atoms with E-state index < -0.39 is 0 Å². The average molecular weight is 759 g/mol. The summed E-state index contributed by atoms with van der Waals surface area (Å²) < 4.78 is 4.80. The van der Waals surface area contributed by atoms with Crippen molar-refractivity contribution in [2.75, 3.05) is 0 Å². The summed E-state index contributed by atoms with van der Waals surface area (Å²) in [5.41, 5.74) is 9.26. The molecule has 9 aromatic rings. The fourth-order valence-corrected chi connectivity index (χ4v) is 7.34. The van der Waals surface area contributed by atoms with Gasteiger partial charge in [-0.25, -0.2) is 11.3 Å². The van der Waals surface area contributed by atoms with Gasteiger partial charge in [-0.15, -0.1) is 0 Å². The molecule has 0 saturated heterocycles. The molecule has 1 radical (unpaired) electrons. The molecule has 0 amide bonds. The van der Waals surface area contributed by atoms with Crippen LogP contribution in [0.3, 0.4) is 0 Å². The van der Waals surface area contributed by atoms with Crippen molar-refractivity contribution in [2.45, 2.75) is 0 Å². The smallest absolute Gasteiger partial charge is 0.0562 e. The summed E-state index contributed by atoms with van der Waals surface area (Å²) in [6.07, 6.45) is 1.84. The molecule has 0 aliphatic carbocycles. The van der Waals surface area contributed by atoms with Crippen molar-refractivity contribution < 1.29 is 20.1 Å². The van der Waals surface area contributed by atoms with Crippen molar-refractivity contribution in [3.05, 3.63) is 152 Å². The zero-order valence-corrected chi connectivity index (χ0v) is 26.7. The van der Waals surface area contributed by atoms with Crippen molar-refractivity contribution in [3.63, 3.8) is 0 Å². The molecule has 3 nitrogen and oxygen atoms in total. The number of benzene rings is 5. The molecule has 0 aliphatic rings. The van der Waals surface area contributed by atoms with Crippen LogP contribution < -0.4 is 0 Å². The van der Waals surface area contributed by atoms with Crippen LogP contribution in [-0.2, 0) is 20.1 Å². The van der Waals surface area contributed by atoms with Gasteiger partial charge in [0.1, 0.15) is 0 Å². The molecule has 0 fully saturated rings. The third-order valence-corrected chi connectivity index (χ3v) is 9.42. The van der Waals surface area contributed by atoms with Gasteiger partial charge in [-0.2, -0.15) is 12.1 Å². The van der Waals surface area contributed by atoms with Gasteiger partial charge in [-0.1, -0.05) is 94.2 Å². The number of thiophene rings is 1. The van der Waals surface area contributed by atoms with Crippen molar-refractivity contribution in [1.82, 2.24) is 14.1 Å². The first-order valence-corrected chi connectivity index (χ1v) is 15.2. The van der Waals surface area contributed by atoms with Gasteiger partial charge in [0.05, 0.1) is 22.1 Å². The normalized spacial score (nSPS) is 11.5. The first-order chi connectivity index (χ1) is 21.3. The first-order valence-electron chi connectivity index (χ1n) is 14.4. The molecule has 4 heterocycles. The third-order valence-electron chi connectivity index (χ3n) is 8.32. The Morgan fingerprint density at radius 3 is 1.84 bits per heavy atom. The zero-order valence-electron chi connectivity index (χ0n) is 23.4. The molecule has 5 aromatic carbocycles. The fourth-order valence-electron chi connectivity index (χ4n) is 6.41. The van der Waals surface area contributed by atoms with E-state index in [0.717, 1.165) is 21.9 Å². The average Bonchev–Trinajstić information content (AvgIpc) is 3.78. The second kappa shape index (κ2) is 10.7. The molecule has 211 valence electrons. The molecule has 0 N–H and O–H groups in total. The van der Waals surface area contributed by atoms with Gasteiger partial charge in [-0.3, -0.25) is 0 Å². The van der Waals surface area contributed by atoms with Crippen LogP contribution in [0.5, 0.6) is 0 Å². The van der Waals surface area contributed by atoms with Crippen LogP contribution in [0.15, 0.2) is 146 Å². The van der Waals surface area contributed by atoms with Crippen LogP contribution in [0.1, 0.15) is 0 Å². The van der Waals surface area contributed by atoms with Gasteiger partial charge < -0.3 is 14.1 Å². The van der Waals surface area contributed by atoms with Gasteiger partial charge in [0.25, 0.3) is 0 Å². The molecular formula is C39H24IrN3S-. The van der Waals surface area contributed by atoms with Crippen molar-refractivity contribution >= 4 is 54.9 Å². The summed E-state index contributed by atoms with van der Waals surface area (Å²) in [4.78, 5) is 6.77. The van der Waals surface area contributed by atoms with Crippen molar-refractivity contribution in [3.8, 4) is 32.4 Å².